The Morgan fingerprint density at radius 3 is 2.65 bits per heavy atom. The molecule has 0 bridgehead atoms. The fourth-order valence-electron chi connectivity index (χ4n) is 2.77. The van der Waals surface area contributed by atoms with Crippen molar-refractivity contribution in [3.8, 4) is 0 Å². The second-order valence-electron chi connectivity index (χ2n) is 6.52. The monoisotopic (exact) mass is 339 g/mol. The number of benzene rings is 1. The van der Waals surface area contributed by atoms with Crippen molar-refractivity contribution in [1.29, 1.82) is 0 Å². The lowest BCUT2D eigenvalue weighted by Gasteiger charge is -2.33. The zero-order valence-corrected chi connectivity index (χ0v) is 15.3. The van der Waals surface area contributed by atoms with Gasteiger partial charge in [0, 0.05) is 32.2 Å². The minimum absolute atomic E-state index is 0. The predicted octanol–water partition coefficient (Wildman–Crippen LogP) is 2.18. The van der Waals surface area contributed by atoms with Gasteiger partial charge in [-0.3, -0.25) is 9.69 Å². The average molecular weight is 340 g/mol. The molecule has 1 atom stereocenters. The number of hydrogen-bond donors (Lipinski definition) is 2. The van der Waals surface area contributed by atoms with Gasteiger partial charge in [0.05, 0.1) is 6.54 Å². The summed E-state index contributed by atoms with van der Waals surface area (Å²) in [5.41, 5.74) is 2.64. The maximum atomic E-state index is 12.0. The molecule has 1 fully saturated rings. The van der Waals surface area contributed by atoms with Gasteiger partial charge in [-0.2, -0.15) is 0 Å². The van der Waals surface area contributed by atoms with Gasteiger partial charge in [0.2, 0.25) is 5.91 Å². The number of rotatable bonds is 6. The Hall–Kier alpha value is -1.10. The zero-order chi connectivity index (χ0) is 15.9. The Bertz CT molecular complexity index is 476. The highest BCUT2D eigenvalue weighted by Gasteiger charge is 2.19. The molecule has 1 amide bonds. The van der Waals surface area contributed by atoms with Crippen molar-refractivity contribution in [3.63, 3.8) is 0 Å². The maximum absolute atomic E-state index is 12.0. The minimum Gasteiger partial charge on any atom is -0.355 e. The Morgan fingerprint density at radius 1 is 1.35 bits per heavy atom. The summed E-state index contributed by atoms with van der Waals surface area (Å²) < 4.78 is 0. The van der Waals surface area contributed by atoms with Crippen molar-refractivity contribution in [2.75, 3.05) is 32.7 Å². The summed E-state index contributed by atoms with van der Waals surface area (Å²) in [5, 5.41) is 6.38. The predicted molar refractivity (Wildman–Crippen MR) is 98.4 cm³/mol. The molecule has 2 N–H and O–H groups in total. The van der Waals surface area contributed by atoms with Crippen molar-refractivity contribution in [2.24, 2.45) is 0 Å². The minimum atomic E-state index is 0. The van der Waals surface area contributed by atoms with E-state index in [1.807, 2.05) is 0 Å². The quantitative estimate of drug-likeness (QED) is 0.835. The first kappa shape index (κ1) is 19.9. The molecular formula is C18H30ClN3O. The molecule has 4 nitrogen and oxygen atoms in total. The summed E-state index contributed by atoms with van der Waals surface area (Å²) in [6, 6.07) is 9.14. The molecular weight excluding hydrogens is 310 g/mol. The van der Waals surface area contributed by atoms with Crippen molar-refractivity contribution < 1.29 is 4.79 Å². The summed E-state index contributed by atoms with van der Waals surface area (Å²) in [4.78, 5) is 14.3. The summed E-state index contributed by atoms with van der Waals surface area (Å²) >= 11 is 0. The Balaban J connectivity index is 0.00000264. The van der Waals surface area contributed by atoms with E-state index < -0.39 is 0 Å². The molecule has 1 aromatic rings. The van der Waals surface area contributed by atoms with Crippen LogP contribution in [0.5, 0.6) is 0 Å². The van der Waals surface area contributed by atoms with Crippen LogP contribution in [0.4, 0.5) is 0 Å². The molecule has 1 aliphatic rings. The molecule has 0 spiro atoms. The van der Waals surface area contributed by atoms with E-state index in [4.69, 9.17) is 0 Å². The molecule has 1 heterocycles. The van der Waals surface area contributed by atoms with Gasteiger partial charge in [-0.05, 0) is 30.4 Å². The molecule has 1 aliphatic heterocycles. The SMILES string of the molecule is CC(C)c1ccc(CCNC(=O)CN2CCNC[C@@H]2C)cc1.Cl. The van der Waals surface area contributed by atoms with Crippen LogP contribution in [0.25, 0.3) is 0 Å². The summed E-state index contributed by atoms with van der Waals surface area (Å²) in [5.74, 6) is 0.697. The summed E-state index contributed by atoms with van der Waals surface area (Å²) in [7, 11) is 0. The van der Waals surface area contributed by atoms with Crippen LogP contribution in [0.15, 0.2) is 24.3 Å². The van der Waals surface area contributed by atoms with Crippen LogP contribution in [-0.4, -0.2) is 49.6 Å². The third kappa shape index (κ3) is 6.50. The van der Waals surface area contributed by atoms with E-state index in [-0.39, 0.29) is 18.3 Å². The molecule has 5 heteroatoms. The lowest BCUT2D eigenvalue weighted by atomic mass is 10.0. The molecule has 1 saturated heterocycles. The average Bonchev–Trinajstić information content (AvgIpc) is 2.50. The van der Waals surface area contributed by atoms with Crippen LogP contribution >= 0.6 is 12.4 Å². The van der Waals surface area contributed by atoms with E-state index in [0.717, 1.165) is 26.1 Å². The molecule has 130 valence electrons. The van der Waals surface area contributed by atoms with Crippen molar-refractivity contribution in [3.05, 3.63) is 35.4 Å². The topological polar surface area (TPSA) is 44.4 Å². The van der Waals surface area contributed by atoms with Crippen LogP contribution in [-0.2, 0) is 11.2 Å². The summed E-state index contributed by atoms with van der Waals surface area (Å²) in [6.45, 7) is 10.7. The Kier molecular flexibility index (Phi) is 8.59. The lowest BCUT2D eigenvalue weighted by Crippen LogP contribution is -2.52. The number of carbonyl (C=O) groups excluding carboxylic acids is 1. The fraction of sp³-hybridized carbons (Fsp3) is 0.611. The summed E-state index contributed by atoms with van der Waals surface area (Å²) in [6.07, 6.45) is 0.890. The molecule has 0 aromatic heterocycles. The number of hydrogen-bond acceptors (Lipinski definition) is 3. The van der Waals surface area contributed by atoms with Crippen LogP contribution < -0.4 is 10.6 Å². The molecule has 1 aromatic carbocycles. The van der Waals surface area contributed by atoms with Gasteiger partial charge >= 0.3 is 0 Å². The van der Waals surface area contributed by atoms with E-state index in [1.165, 1.54) is 11.1 Å². The largest absolute Gasteiger partial charge is 0.355 e. The molecule has 0 unspecified atom stereocenters. The molecule has 23 heavy (non-hydrogen) atoms. The maximum Gasteiger partial charge on any atom is 0.234 e. The number of halogens is 1. The van der Waals surface area contributed by atoms with Crippen LogP contribution in [0.2, 0.25) is 0 Å². The smallest absolute Gasteiger partial charge is 0.234 e. The highest BCUT2D eigenvalue weighted by atomic mass is 35.5. The number of nitrogens with zero attached hydrogens (tertiary/aromatic N) is 1. The van der Waals surface area contributed by atoms with E-state index >= 15 is 0 Å². The van der Waals surface area contributed by atoms with Crippen LogP contribution in [0, 0.1) is 0 Å². The lowest BCUT2D eigenvalue weighted by molar-refractivity contribution is -0.122. The van der Waals surface area contributed by atoms with E-state index in [2.05, 4.69) is 60.6 Å². The van der Waals surface area contributed by atoms with Gasteiger partial charge in [-0.15, -0.1) is 12.4 Å². The van der Waals surface area contributed by atoms with E-state index in [9.17, 15) is 4.79 Å². The Labute approximate surface area is 146 Å². The van der Waals surface area contributed by atoms with Gasteiger partial charge in [0.25, 0.3) is 0 Å². The van der Waals surface area contributed by atoms with Gasteiger partial charge in [-0.25, -0.2) is 0 Å². The standard InChI is InChI=1S/C18H29N3O.ClH/c1-14(2)17-6-4-16(5-7-17)8-9-20-18(22)13-21-11-10-19-12-15(21)3;/h4-7,14-15,19H,8-13H2,1-3H3,(H,20,22);1H/t15-;/m0./s1. The first-order valence-corrected chi connectivity index (χ1v) is 8.36. The third-order valence-electron chi connectivity index (χ3n) is 4.37. The van der Waals surface area contributed by atoms with Gasteiger partial charge < -0.3 is 10.6 Å². The Morgan fingerprint density at radius 2 is 2.04 bits per heavy atom. The van der Waals surface area contributed by atoms with Crippen LogP contribution in [0.3, 0.4) is 0 Å². The molecule has 0 radical (unpaired) electrons. The van der Waals surface area contributed by atoms with Crippen LogP contribution in [0.1, 0.15) is 37.8 Å². The van der Waals surface area contributed by atoms with Crippen molar-refractivity contribution in [2.45, 2.75) is 39.2 Å². The molecule has 2 rings (SSSR count). The number of carbonyl (C=O) groups is 1. The van der Waals surface area contributed by atoms with Crippen molar-refractivity contribution in [1.82, 2.24) is 15.5 Å². The van der Waals surface area contributed by atoms with Gasteiger partial charge in [0.1, 0.15) is 0 Å². The van der Waals surface area contributed by atoms with Gasteiger partial charge in [-0.1, -0.05) is 38.1 Å². The normalized spacial score (nSPS) is 18.5. The third-order valence-corrected chi connectivity index (χ3v) is 4.37. The second-order valence-corrected chi connectivity index (χ2v) is 6.52. The first-order chi connectivity index (χ1) is 10.6. The number of nitrogens with one attached hydrogen (secondary N) is 2. The number of piperazine rings is 1. The van der Waals surface area contributed by atoms with E-state index in [1.54, 1.807) is 0 Å². The number of amides is 1. The molecule has 0 saturated carbocycles. The van der Waals surface area contributed by atoms with E-state index in [0.29, 0.717) is 25.0 Å². The second kappa shape index (κ2) is 9.91. The molecule has 0 aliphatic carbocycles. The first-order valence-electron chi connectivity index (χ1n) is 8.36. The highest BCUT2D eigenvalue weighted by Crippen LogP contribution is 2.14. The van der Waals surface area contributed by atoms with Gasteiger partial charge in [0.15, 0.2) is 0 Å². The fourth-order valence-corrected chi connectivity index (χ4v) is 2.77. The van der Waals surface area contributed by atoms with Crippen molar-refractivity contribution >= 4 is 18.3 Å². The highest BCUT2D eigenvalue weighted by molar-refractivity contribution is 5.85. The zero-order valence-electron chi connectivity index (χ0n) is 14.5.